The van der Waals surface area contributed by atoms with E-state index >= 15 is 0 Å². The number of hydrogen-bond donors (Lipinski definition) is 2. The third-order valence-electron chi connectivity index (χ3n) is 3.47. The maximum atomic E-state index is 12.8. The van der Waals surface area contributed by atoms with E-state index in [2.05, 4.69) is 4.98 Å². The molecule has 114 valence electrons. The number of nitrogens with two attached hydrogens (primary N) is 2. The third-order valence-corrected chi connectivity index (χ3v) is 5.13. The standard InChI is InChI=1S/C15H16N4O2S/c16-8-7-11-10-19(15-14(11)2-1-9-18-15)22(20,21)13-5-3-12(17)4-6-13/h1-6,9-10H,7-8,16-17H2. The molecule has 0 atom stereocenters. The Bertz CT molecular complexity index is 914. The van der Waals surface area contributed by atoms with Crippen molar-refractivity contribution in [2.75, 3.05) is 12.3 Å². The molecule has 7 heteroatoms. The van der Waals surface area contributed by atoms with Crippen molar-refractivity contribution < 1.29 is 8.42 Å². The lowest BCUT2D eigenvalue weighted by Gasteiger charge is -2.07. The Balaban J connectivity index is 2.23. The summed E-state index contributed by atoms with van der Waals surface area (Å²) >= 11 is 0. The Morgan fingerprint density at radius 1 is 1.14 bits per heavy atom. The summed E-state index contributed by atoms with van der Waals surface area (Å²) in [6.45, 7) is 0.440. The van der Waals surface area contributed by atoms with Crippen LogP contribution in [0.2, 0.25) is 0 Å². The van der Waals surface area contributed by atoms with E-state index in [1.165, 1.54) is 16.1 Å². The van der Waals surface area contributed by atoms with Gasteiger partial charge in [-0.1, -0.05) is 0 Å². The highest BCUT2D eigenvalue weighted by molar-refractivity contribution is 7.90. The van der Waals surface area contributed by atoms with Gasteiger partial charge in [0.05, 0.1) is 4.90 Å². The second kappa shape index (κ2) is 5.43. The van der Waals surface area contributed by atoms with Crippen LogP contribution < -0.4 is 11.5 Å². The highest BCUT2D eigenvalue weighted by atomic mass is 32.2. The van der Waals surface area contributed by atoms with Crippen molar-refractivity contribution in [3.05, 3.63) is 54.4 Å². The number of benzene rings is 1. The van der Waals surface area contributed by atoms with Gasteiger partial charge in [-0.2, -0.15) is 0 Å². The van der Waals surface area contributed by atoms with Crippen molar-refractivity contribution in [2.45, 2.75) is 11.3 Å². The maximum Gasteiger partial charge on any atom is 0.269 e. The summed E-state index contributed by atoms with van der Waals surface area (Å²) in [7, 11) is -3.72. The van der Waals surface area contributed by atoms with E-state index in [-0.39, 0.29) is 4.90 Å². The van der Waals surface area contributed by atoms with Gasteiger partial charge in [0.2, 0.25) is 0 Å². The van der Waals surface area contributed by atoms with Gasteiger partial charge in [-0.15, -0.1) is 0 Å². The van der Waals surface area contributed by atoms with Gasteiger partial charge in [-0.05, 0) is 54.9 Å². The number of nitrogens with zero attached hydrogens (tertiary/aromatic N) is 2. The number of aromatic nitrogens is 2. The third kappa shape index (κ3) is 2.34. The van der Waals surface area contributed by atoms with Crippen molar-refractivity contribution in [1.29, 1.82) is 0 Å². The van der Waals surface area contributed by atoms with E-state index in [1.54, 1.807) is 30.6 Å². The number of anilines is 1. The first kappa shape index (κ1) is 14.6. The lowest BCUT2D eigenvalue weighted by Crippen LogP contribution is -2.12. The van der Waals surface area contributed by atoms with Crippen LogP contribution in [0.5, 0.6) is 0 Å². The zero-order valence-corrected chi connectivity index (χ0v) is 12.6. The normalized spacial score (nSPS) is 11.9. The van der Waals surface area contributed by atoms with Gasteiger partial charge in [0.25, 0.3) is 10.0 Å². The van der Waals surface area contributed by atoms with Crippen molar-refractivity contribution in [3.63, 3.8) is 0 Å². The maximum absolute atomic E-state index is 12.8. The molecule has 3 aromatic rings. The minimum absolute atomic E-state index is 0.170. The molecule has 0 aliphatic rings. The van der Waals surface area contributed by atoms with E-state index < -0.39 is 10.0 Å². The molecule has 0 aliphatic heterocycles. The monoisotopic (exact) mass is 316 g/mol. The zero-order chi connectivity index (χ0) is 15.7. The molecule has 3 rings (SSSR count). The van der Waals surface area contributed by atoms with Gasteiger partial charge in [-0.3, -0.25) is 0 Å². The van der Waals surface area contributed by atoms with Crippen LogP contribution in [0.25, 0.3) is 11.0 Å². The van der Waals surface area contributed by atoms with Gasteiger partial charge in [0.15, 0.2) is 5.65 Å². The highest BCUT2D eigenvalue weighted by Gasteiger charge is 2.21. The molecule has 4 N–H and O–H groups in total. The number of nitrogen functional groups attached to an aromatic ring is 1. The van der Waals surface area contributed by atoms with Crippen LogP contribution in [-0.2, 0) is 16.4 Å². The molecule has 22 heavy (non-hydrogen) atoms. The minimum Gasteiger partial charge on any atom is -0.399 e. The summed E-state index contributed by atoms with van der Waals surface area (Å²) in [6.07, 6.45) is 3.76. The summed E-state index contributed by atoms with van der Waals surface area (Å²) < 4.78 is 26.9. The van der Waals surface area contributed by atoms with E-state index in [9.17, 15) is 8.42 Å². The minimum atomic E-state index is -3.72. The lowest BCUT2D eigenvalue weighted by molar-refractivity contribution is 0.588. The fraction of sp³-hybridized carbons (Fsp3) is 0.133. The molecule has 0 saturated heterocycles. The highest BCUT2D eigenvalue weighted by Crippen LogP contribution is 2.25. The predicted molar refractivity (Wildman–Crippen MR) is 85.9 cm³/mol. The van der Waals surface area contributed by atoms with Crippen LogP contribution in [0.3, 0.4) is 0 Å². The van der Waals surface area contributed by atoms with Crippen LogP contribution >= 0.6 is 0 Å². The molecule has 6 nitrogen and oxygen atoms in total. The van der Waals surface area contributed by atoms with Crippen molar-refractivity contribution in [2.24, 2.45) is 5.73 Å². The molecule has 0 amide bonds. The molecular formula is C15H16N4O2S. The van der Waals surface area contributed by atoms with E-state index in [4.69, 9.17) is 11.5 Å². The molecule has 0 unspecified atom stereocenters. The average molecular weight is 316 g/mol. The summed E-state index contributed by atoms with van der Waals surface area (Å²) in [4.78, 5) is 4.38. The van der Waals surface area contributed by atoms with Crippen molar-refractivity contribution in [3.8, 4) is 0 Å². The Morgan fingerprint density at radius 3 is 2.55 bits per heavy atom. The number of hydrogen-bond acceptors (Lipinski definition) is 5. The second-order valence-corrected chi connectivity index (χ2v) is 6.75. The molecule has 0 saturated carbocycles. The first-order valence-corrected chi connectivity index (χ1v) is 8.24. The Kier molecular flexibility index (Phi) is 3.59. The summed E-state index contributed by atoms with van der Waals surface area (Å²) in [6, 6.07) is 9.73. The molecule has 0 aliphatic carbocycles. The number of fused-ring (bicyclic) bond motifs is 1. The zero-order valence-electron chi connectivity index (χ0n) is 11.8. The van der Waals surface area contributed by atoms with E-state index in [1.807, 2.05) is 6.07 Å². The molecule has 0 fully saturated rings. The van der Waals surface area contributed by atoms with Crippen LogP contribution in [0.4, 0.5) is 5.69 Å². The van der Waals surface area contributed by atoms with Gasteiger partial charge in [0.1, 0.15) is 0 Å². The SMILES string of the molecule is NCCc1cn(S(=O)(=O)c2ccc(N)cc2)c2ncccc12. The van der Waals surface area contributed by atoms with Gasteiger partial charge < -0.3 is 11.5 Å². The molecule has 2 heterocycles. The summed E-state index contributed by atoms with van der Waals surface area (Å²) in [5.74, 6) is 0. The topological polar surface area (TPSA) is 104 Å². The predicted octanol–water partition coefficient (Wildman–Crippen LogP) is 1.36. The molecule has 0 radical (unpaired) electrons. The van der Waals surface area contributed by atoms with Gasteiger partial charge in [-0.25, -0.2) is 17.4 Å². The largest absolute Gasteiger partial charge is 0.399 e. The first-order valence-electron chi connectivity index (χ1n) is 6.80. The second-order valence-electron chi connectivity index (χ2n) is 4.94. The molecule has 2 aromatic heterocycles. The fourth-order valence-electron chi connectivity index (χ4n) is 2.39. The first-order chi connectivity index (χ1) is 10.5. The fourth-order valence-corrected chi connectivity index (χ4v) is 3.73. The van der Waals surface area contributed by atoms with Crippen molar-refractivity contribution in [1.82, 2.24) is 8.96 Å². The number of pyridine rings is 1. The van der Waals surface area contributed by atoms with Crippen LogP contribution in [0.15, 0.2) is 53.7 Å². The van der Waals surface area contributed by atoms with E-state index in [0.29, 0.717) is 24.3 Å². The van der Waals surface area contributed by atoms with Gasteiger partial charge in [0, 0.05) is 23.5 Å². The molecule has 0 spiro atoms. The van der Waals surface area contributed by atoms with Crippen LogP contribution in [0, 0.1) is 0 Å². The molecule has 1 aromatic carbocycles. The lowest BCUT2D eigenvalue weighted by atomic mass is 10.2. The Morgan fingerprint density at radius 2 is 1.86 bits per heavy atom. The van der Waals surface area contributed by atoms with Crippen molar-refractivity contribution >= 4 is 26.7 Å². The van der Waals surface area contributed by atoms with Gasteiger partial charge >= 0.3 is 0 Å². The Labute approximate surface area is 128 Å². The number of rotatable bonds is 4. The van der Waals surface area contributed by atoms with Crippen LogP contribution in [0.1, 0.15) is 5.56 Å². The van der Waals surface area contributed by atoms with Crippen LogP contribution in [-0.4, -0.2) is 23.9 Å². The quantitative estimate of drug-likeness (QED) is 0.707. The summed E-state index contributed by atoms with van der Waals surface area (Å²) in [5, 5.41) is 0.798. The molecule has 0 bridgehead atoms. The Hall–Kier alpha value is -2.38. The average Bonchev–Trinajstić information content (AvgIpc) is 2.88. The summed E-state index contributed by atoms with van der Waals surface area (Å²) in [5.41, 5.74) is 13.0. The smallest absolute Gasteiger partial charge is 0.269 e. The molecular weight excluding hydrogens is 300 g/mol. The van der Waals surface area contributed by atoms with E-state index in [0.717, 1.165) is 10.9 Å².